The van der Waals surface area contributed by atoms with Crippen molar-refractivity contribution in [2.45, 2.75) is 20.5 Å². The molecule has 0 radical (unpaired) electrons. The molecule has 0 aliphatic heterocycles. The van der Waals surface area contributed by atoms with Crippen LogP contribution in [0.2, 0.25) is 0 Å². The Morgan fingerprint density at radius 3 is 2.71 bits per heavy atom. The van der Waals surface area contributed by atoms with Gasteiger partial charge in [-0.15, -0.1) is 0 Å². The predicted molar refractivity (Wildman–Crippen MR) is 98.2 cm³/mol. The van der Waals surface area contributed by atoms with E-state index in [2.05, 4.69) is 15.1 Å². The van der Waals surface area contributed by atoms with Gasteiger partial charge in [-0.2, -0.15) is 5.10 Å². The van der Waals surface area contributed by atoms with Gasteiger partial charge in [0.2, 0.25) is 0 Å². The third-order valence-electron chi connectivity index (χ3n) is 4.41. The molecule has 0 atom stereocenters. The summed E-state index contributed by atoms with van der Waals surface area (Å²) < 4.78 is 33.9. The number of aryl methyl sites for hydroxylation is 1. The van der Waals surface area contributed by atoms with Crippen molar-refractivity contribution in [3.05, 3.63) is 76.9 Å². The molecule has 2 heterocycles. The van der Waals surface area contributed by atoms with Crippen LogP contribution in [-0.2, 0) is 11.3 Å². The lowest BCUT2D eigenvalue weighted by atomic mass is 10.2. The molecule has 0 aliphatic carbocycles. The molecule has 28 heavy (non-hydrogen) atoms. The van der Waals surface area contributed by atoms with Crippen LogP contribution in [0.25, 0.3) is 16.7 Å². The summed E-state index contributed by atoms with van der Waals surface area (Å²) in [6.07, 6.45) is 0. The van der Waals surface area contributed by atoms with E-state index in [9.17, 15) is 13.6 Å². The quantitative estimate of drug-likeness (QED) is 0.542. The number of nitrogens with one attached hydrogen (secondary N) is 1. The Kier molecular flexibility index (Phi) is 4.38. The van der Waals surface area contributed by atoms with Crippen LogP contribution in [0.5, 0.6) is 0 Å². The van der Waals surface area contributed by atoms with Crippen LogP contribution in [0.15, 0.2) is 42.5 Å². The number of fused-ring (bicyclic) bond motifs is 1. The van der Waals surface area contributed by atoms with E-state index >= 15 is 0 Å². The van der Waals surface area contributed by atoms with Crippen LogP contribution >= 0.6 is 0 Å². The molecule has 142 valence electrons. The fourth-order valence-corrected chi connectivity index (χ4v) is 3.11. The summed E-state index contributed by atoms with van der Waals surface area (Å²) in [5.74, 6) is -1.54. The summed E-state index contributed by atoms with van der Waals surface area (Å²) in [5.41, 5.74) is 2.70. The summed E-state index contributed by atoms with van der Waals surface area (Å²) in [6.45, 7) is 3.21. The molecule has 8 heteroatoms. The summed E-state index contributed by atoms with van der Waals surface area (Å²) in [4.78, 5) is 20.0. The van der Waals surface area contributed by atoms with Crippen molar-refractivity contribution < 1.29 is 18.3 Å². The number of hydrogen-bond donors (Lipinski definition) is 1. The number of ether oxygens (including phenoxy) is 1. The smallest absolute Gasteiger partial charge is 0.342 e. The Morgan fingerprint density at radius 1 is 1.18 bits per heavy atom. The second kappa shape index (κ2) is 6.88. The average Bonchev–Trinajstić information content (AvgIpc) is 3.20. The van der Waals surface area contributed by atoms with Crippen LogP contribution in [-0.4, -0.2) is 25.7 Å². The molecule has 4 rings (SSSR count). The van der Waals surface area contributed by atoms with Gasteiger partial charge in [-0.25, -0.2) is 23.2 Å². The monoisotopic (exact) mass is 382 g/mol. The molecule has 1 N–H and O–H groups in total. The van der Waals surface area contributed by atoms with Gasteiger partial charge in [0.25, 0.3) is 0 Å². The van der Waals surface area contributed by atoms with Gasteiger partial charge >= 0.3 is 5.97 Å². The molecular weight excluding hydrogens is 366 g/mol. The maximum Gasteiger partial charge on any atom is 0.342 e. The van der Waals surface area contributed by atoms with E-state index in [-0.39, 0.29) is 17.9 Å². The lowest BCUT2D eigenvalue weighted by Gasteiger charge is -2.07. The number of esters is 1. The highest BCUT2D eigenvalue weighted by molar-refractivity contribution is 5.92. The lowest BCUT2D eigenvalue weighted by Crippen LogP contribution is -2.09. The van der Waals surface area contributed by atoms with Crippen molar-refractivity contribution in [2.24, 2.45) is 0 Å². The second-order valence-corrected chi connectivity index (χ2v) is 6.33. The molecule has 0 saturated heterocycles. The lowest BCUT2D eigenvalue weighted by molar-refractivity contribution is 0.0461. The highest BCUT2D eigenvalue weighted by Crippen LogP contribution is 2.22. The SMILES string of the molecule is Cc1nn(-c2ccc(F)cc2F)c(C)c1C(=O)OCc1nc2ccccc2[nH]1. The van der Waals surface area contributed by atoms with Crippen molar-refractivity contribution in [1.82, 2.24) is 19.7 Å². The van der Waals surface area contributed by atoms with Crippen LogP contribution in [0.4, 0.5) is 8.78 Å². The Labute approximate surface area is 158 Å². The topological polar surface area (TPSA) is 72.8 Å². The Hall–Kier alpha value is -3.55. The molecule has 2 aromatic carbocycles. The summed E-state index contributed by atoms with van der Waals surface area (Å²) in [5, 5.41) is 4.21. The maximum atomic E-state index is 14.1. The maximum absolute atomic E-state index is 14.1. The zero-order valence-electron chi connectivity index (χ0n) is 15.2. The standard InChI is InChI=1S/C20H16F2N4O2/c1-11-19(12(2)26(25-11)17-8-7-13(21)9-14(17)22)20(27)28-10-18-23-15-5-3-4-6-16(15)24-18/h3-9H,10H2,1-2H3,(H,23,24). The van der Waals surface area contributed by atoms with E-state index in [1.54, 1.807) is 13.8 Å². The zero-order valence-corrected chi connectivity index (χ0v) is 15.2. The first-order valence-corrected chi connectivity index (χ1v) is 8.56. The van der Waals surface area contributed by atoms with Crippen molar-refractivity contribution in [2.75, 3.05) is 0 Å². The number of nitrogens with zero attached hydrogens (tertiary/aromatic N) is 3. The number of carbonyl (C=O) groups is 1. The minimum Gasteiger partial charge on any atom is -0.454 e. The van der Waals surface area contributed by atoms with Crippen LogP contribution in [0.1, 0.15) is 27.6 Å². The molecule has 0 bridgehead atoms. The van der Waals surface area contributed by atoms with E-state index in [0.29, 0.717) is 17.2 Å². The van der Waals surface area contributed by atoms with Crippen molar-refractivity contribution in [1.29, 1.82) is 0 Å². The van der Waals surface area contributed by atoms with Crippen molar-refractivity contribution in [3.8, 4) is 5.69 Å². The summed E-state index contributed by atoms with van der Waals surface area (Å²) in [6, 6.07) is 10.7. The number of aromatic nitrogens is 4. The van der Waals surface area contributed by atoms with Crippen LogP contribution in [0.3, 0.4) is 0 Å². The highest BCUT2D eigenvalue weighted by atomic mass is 19.1. The van der Waals surface area contributed by atoms with Gasteiger partial charge in [0.1, 0.15) is 29.5 Å². The molecule has 0 saturated carbocycles. The minimum absolute atomic E-state index is 0.0392. The number of carbonyl (C=O) groups excluding carboxylic acids is 1. The van der Waals surface area contributed by atoms with E-state index in [4.69, 9.17) is 4.74 Å². The van der Waals surface area contributed by atoms with Gasteiger partial charge in [-0.1, -0.05) is 12.1 Å². The number of H-pyrrole nitrogens is 1. The number of rotatable bonds is 4. The predicted octanol–water partition coefficient (Wildman–Crippen LogP) is 4.00. The number of para-hydroxylation sites is 2. The first kappa shape index (κ1) is 17.8. The largest absolute Gasteiger partial charge is 0.454 e. The molecule has 0 amide bonds. The first-order chi connectivity index (χ1) is 13.4. The van der Waals surface area contributed by atoms with E-state index in [0.717, 1.165) is 23.2 Å². The number of benzene rings is 2. The first-order valence-electron chi connectivity index (χ1n) is 8.56. The van der Waals surface area contributed by atoms with E-state index < -0.39 is 17.6 Å². The van der Waals surface area contributed by atoms with Crippen molar-refractivity contribution in [3.63, 3.8) is 0 Å². The molecule has 6 nitrogen and oxygen atoms in total. The van der Waals surface area contributed by atoms with Gasteiger partial charge in [-0.3, -0.25) is 0 Å². The minimum atomic E-state index is -0.771. The molecule has 0 spiro atoms. The van der Waals surface area contributed by atoms with Gasteiger partial charge in [0, 0.05) is 6.07 Å². The second-order valence-electron chi connectivity index (χ2n) is 6.33. The van der Waals surface area contributed by atoms with Crippen molar-refractivity contribution >= 4 is 17.0 Å². The molecule has 0 fully saturated rings. The Bertz CT molecular complexity index is 1160. The number of aromatic amines is 1. The molecule has 2 aromatic heterocycles. The summed E-state index contributed by atoms with van der Waals surface area (Å²) >= 11 is 0. The van der Waals surface area contributed by atoms with Gasteiger partial charge in [-0.05, 0) is 38.1 Å². The molecular formula is C20H16F2N4O2. The van der Waals surface area contributed by atoms with Crippen LogP contribution < -0.4 is 0 Å². The fraction of sp³-hybridized carbons (Fsp3) is 0.150. The van der Waals surface area contributed by atoms with Gasteiger partial charge in [0.05, 0.1) is 22.4 Å². The van der Waals surface area contributed by atoms with E-state index in [1.165, 1.54) is 10.7 Å². The Morgan fingerprint density at radius 2 is 1.96 bits per heavy atom. The normalized spacial score (nSPS) is 11.1. The number of hydrogen-bond acceptors (Lipinski definition) is 4. The van der Waals surface area contributed by atoms with Gasteiger partial charge in [0.15, 0.2) is 5.82 Å². The third kappa shape index (κ3) is 3.13. The molecule has 0 aliphatic rings. The molecule has 0 unspecified atom stereocenters. The fourth-order valence-electron chi connectivity index (χ4n) is 3.11. The molecule has 4 aromatic rings. The Balaban J connectivity index is 1.58. The number of imidazole rings is 1. The summed E-state index contributed by atoms with van der Waals surface area (Å²) in [7, 11) is 0. The van der Waals surface area contributed by atoms with E-state index in [1.807, 2.05) is 24.3 Å². The average molecular weight is 382 g/mol. The third-order valence-corrected chi connectivity index (χ3v) is 4.41. The number of halogens is 2. The van der Waals surface area contributed by atoms with Gasteiger partial charge < -0.3 is 9.72 Å². The highest BCUT2D eigenvalue weighted by Gasteiger charge is 2.22. The van der Waals surface area contributed by atoms with Crippen LogP contribution in [0, 0.1) is 25.5 Å². The zero-order chi connectivity index (χ0) is 19.8.